The van der Waals surface area contributed by atoms with Crippen LogP contribution in [0.2, 0.25) is 0 Å². The van der Waals surface area contributed by atoms with Gasteiger partial charge in [0.05, 0.1) is 18.8 Å². The largest absolute Gasteiger partial charge is 0.492 e. The number of ether oxygens (including phenoxy) is 2. The summed E-state index contributed by atoms with van der Waals surface area (Å²) < 4.78 is 12.2. The lowest BCUT2D eigenvalue weighted by Crippen LogP contribution is -2.32. The Bertz CT molecular complexity index is 869. The number of rotatable bonds is 6. The van der Waals surface area contributed by atoms with E-state index in [1.54, 1.807) is 24.3 Å². The van der Waals surface area contributed by atoms with Crippen molar-refractivity contribution in [2.75, 3.05) is 18.5 Å². The lowest BCUT2D eigenvalue weighted by molar-refractivity contribution is -0.115. The van der Waals surface area contributed by atoms with Gasteiger partial charge in [-0.15, -0.1) is 0 Å². The number of fused-ring (bicyclic) bond motifs is 1. The molecule has 1 unspecified atom stereocenters. The molecule has 2 N–H and O–H groups in total. The highest BCUT2D eigenvalue weighted by molar-refractivity contribution is 9.10. The summed E-state index contributed by atoms with van der Waals surface area (Å²) >= 11 is 3.32. The molecular weight excluding hydrogens is 412 g/mol. The van der Waals surface area contributed by atoms with Gasteiger partial charge in [-0.3, -0.25) is 9.59 Å². The first-order valence-electron chi connectivity index (χ1n) is 8.76. The van der Waals surface area contributed by atoms with Gasteiger partial charge in [0.25, 0.3) is 5.91 Å². The van der Waals surface area contributed by atoms with Gasteiger partial charge in [-0.25, -0.2) is 0 Å². The number of halogens is 1. The molecule has 1 aliphatic rings. The van der Waals surface area contributed by atoms with Gasteiger partial charge in [0.1, 0.15) is 17.6 Å². The maximum atomic E-state index is 12.3. The SMILES string of the molecule is CCOc1cc2c(cc1NC(=O)CNC(=O)c1cccc(Br)c1)OC(C)C2. The van der Waals surface area contributed by atoms with Gasteiger partial charge in [0.2, 0.25) is 5.91 Å². The average molecular weight is 433 g/mol. The summed E-state index contributed by atoms with van der Waals surface area (Å²) in [6, 6.07) is 10.6. The molecule has 27 heavy (non-hydrogen) atoms. The Balaban J connectivity index is 1.65. The molecule has 0 aromatic heterocycles. The van der Waals surface area contributed by atoms with Crippen LogP contribution in [0.4, 0.5) is 5.69 Å². The van der Waals surface area contributed by atoms with Crippen molar-refractivity contribution in [1.82, 2.24) is 5.32 Å². The van der Waals surface area contributed by atoms with Crippen LogP contribution in [0.3, 0.4) is 0 Å². The minimum atomic E-state index is -0.342. The van der Waals surface area contributed by atoms with Crippen molar-refractivity contribution in [3.63, 3.8) is 0 Å². The Morgan fingerprint density at radius 1 is 1.30 bits per heavy atom. The van der Waals surface area contributed by atoms with Crippen LogP contribution in [0.5, 0.6) is 11.5 Å². The lowest BCUT2D eigenvalue weighted by atomic mass is 10.1. The number of hydrogen-bond acceptors (Lipinski definition) is 4. The lowest BCUT2D eigenvalue weighted by Gasteiger charge is -2.14. The van der Waals surface area contributed by atoms with E-state index in [0.29, 0.717) is 23.6 Å². The zero-order chi connectivity index (χ0) is 19.4. The summed E-state index contributed by atoms with van der Waals surface area (Å²) in [7, 11) is 0. The Hall–Kier alpha value is -2.54. The molecule has 0 fully saturated rings. The first-order valence-corrected chi connectivity index (χ1v) is 9.55. The maximum Gasteiger partial charge on any atom is 0.251 e. The Kier molecular flexibility index (Phi) is 6.01. The molecule has 1 heterocycles. The fourth-order valence-electron chi connectivity index (χ4n) is 2.90. The minimum absolute atomic E-state index is 0.102. The number of anilines is 1. The van der Waals surface area contributed by atoms with Crippen LogP contribution in [0.1, 0.15) is 29.8 Å². The van der Waals surface area contributed by atoms with Crippen molar-refractivity contribution in [2.24, 2.45) is 0 Å². The molecule has 2 aromatic rings. The highest BCUT2D eigenvalue weighted by Gasteiger charge is 2.22. The Morgan fingerprint density at radius 3 is 2.85 bits per heavy atom. The van der Waals surface area contributed by atoms with Crippen molar-refractivity contribution >= 4 is 33.4 Å². The van der Waals surface area contributed by atoms with E-state index in [1.165, 1.54) is 0 Å². The van der Waals surface area contributed by atoms with Crippen molar-refractivity contribution in [3.05, 3.63) is 52.0 Å². The fraction of sp³-hybridized carbons (Fsp3) is 0.300. The highest BCUT2D eigenvalue weighted by Crippen LogP contribution is 2.38. The molecule has 7 heteroatoms. The molecule has 3 rings (SSSR count). The van der Waals surface area contributed by atoms with Gasteiger partial charge in [-0.05, 0) is 38.1 Å². The van der Waals surface area contributed by atoms with E-state index in [1.807, 2.05) is 26.0 Å². The number of benzene rings is 2. The van der Waals surface area contributed by atoms with Crippen LogP contribution >= 0.6 is 15.9 Å². The third kappa shape index (κ3) is 4.80. The van der Waals surface area contributed by atoms with Crippen LogP contribution in [-0.4, -0.2) is 31.1 Å². The molecule has 0 spiro atoms. The molecule has 0 aliphatic carbocycles. The molecule has 0 radical (unpaired) electrons. The molecule has 0 saturated carbocycles. The monoisotopic (exact) mass is 432 g/mol. The summed E-state index contributed by atoms with van der Waals surface area (Å²) in [6.07, 6.45) is 0.914. The number of carbonyl (C=O) groups excluding carboxylic acids is 2. The van der Waals surface area contributed by atoms with Crippen molar-refractivity contribution < 1.29 is 19.1 Å². The summed E-state index contributed by atoms with van der Waals surface area (Å²) in [5, 5.41) is 5.40. The van der Waals surface area contributed by atoms with Gasteiger partial charge in [-0.2, -0.15) is 0 Å². The highest BCUT2D eigenvalue weighted by atomic mass is 79.9. The normalized spacial score (nSPS) is 14.9. The average Bonchev–Trinajstić information content (AvgIpc) is 2.99. The summed E-state index contributed by atoms with van der Waals surface area (Å²) in [5.74, 6) is 0.688. The number of hydrogen-bond donors (Lipinski definition) is 2. The Labute approximate surface area is 166 Å². The van der Waals surface area contributed by atoms with Gasteiger partial charge < -0.3 is 20.1 Å². The summed E-state index contributed by atoms with van der Waals surface area (Å²) in [5.41, 5.74) is 2.07. The molecule has 1 aliphatic heterocycles. The van der Waals surface area contributed by atoms with Crippen LogP contribution in [-0.2, 0) is 11.2 Å². The standard InChI is InChI=1S/C20H21BrN2O4/c1-3-26-18-9-14-7-12(2)27-17(14)10-16(18)23-19(24)11-22-20(25)13-5-4-6-15(21)8-13/h4-6,8-10,12H,3,7,11H2,1-2H3,(H,22,25)(H,23,24). The van der Waals surface area contributed by atoms with Gasteiger partial charge in [-0.1, -0.05) is 22.0 Å². The van der Waals surface area contributed by atoms with E-state index in [4.69, 9.17) is 9.47 Å². The van der Waals surface area contributed by atoms with E-state index < -0.39 is 0 Å². The molecule has 142 valence electrons. The third-order valence-corrected chi connectivity index (χ3v) is 4.56. The first kappa shape index (κ1) is 19.2. The second-order valence-electron chi connectivity index (χ2n) is 6.26. The summed E-state index contributed by atoms with van der Waals surface area (Å²) in [6.45, 7) is 4.22. The van der Waals surface area contributed by atoms with Gasteiger partial charge >= 0.3 is 0 Å². The topological polar surface area (TPSA) is 76.7 Å². The van der Waals surface area contributed by atoms with E-state index in [-0.39, 0.29) is 24.5 Å². The molecule has 1 atom stereocenters. The summed E-state index contributed by atoms with van der Waals surface area (Å²) in [4.78, 5) is 24.5. The second-order valence-corrected chi connectivity index (χ2v) is 7.18. The van der Waals surface area contributed by atoms with E-state index >= 15 is 0 Å². The predicted molar refractivity (Wildman–Crippen MR) is 107 cm³/mol. The zero-order valence-corrected chi connectivity index (χ0v) is 16.8. The van der Waals surface area contributed by atoms with Crippen LogP contribution in [0.25, 0.3) is 0 Å². The molecule has 0 bridgehead atoms. The molecular formula is C20H21BrN2O4. The van der Waals surface area contributed by atoms with E-state index in [2.05, 4.69) is 26.6 Å². The van der Waals surface area contributed by atoms with Crippen molar-refractivity contribution in [2.45, 2.75) is 26.4 Å². The van der Waals surface area contributed by atoms with Crippen molar-refractivity contribution in [1.29, 1.82) is 0 Å². The molecule has 6 nitrogen and oxygen atoms in total. The van der Waals surface area contributed by atoms with Crippen molar-refractivity contribution in [3.8, 4) is 11.5 Å². The fourth-order valence-corrected chi connectivity index (χ4v) is 3.30. The number of nitrogens with one attached hydrogen (secondary N) is 2. The quantitative estimate of drug-likeness (QED) is 0.731. The second kappa shape index (κ2) is 8.43. The number of amides is 2. The number of carbonyl (C=O) groups is 2. The van der Waals surface area contributed by atoms with Crippen LogP contribution < -0.4 is 20.1 Å². The smallest absolute Gasteiger partial charge is 0.251 e. The van der Waals surface area contributed by atoms with E-state index in [0.717, 1.165) is 22.2 Å². The van der Waals surface area contributed by atoms with Crippen LogP contribution in [0.15, 0.2) is 40.9 Å². The third-order valence-electron chi connectivity index (χ3n) is 4.07. The molecule has 2 amide bonds. The van der Waals surface area contributed by atoms with Crippen LogP contribution in [0, 0.1) is 0 Å². The van der Waals surface area contributed by atoms with Gasteiger partial charge in [0.15, 0.2) is 0 Å². The minimum Gasteiger partial charge on any atom is -0.492 e. The zero-order valence-electron chi connectivity index (χ0n) is 15.2. The molecule has 2 aromatic carbocycles. The Morgan fingerprint density at radius 2 is 2.11 bits per heavy atom. The van der Waals surface area contributed by atoms with E-state index in [9.17, 15) is 9.59 Å². The molecule has 0 saturated heterocycles. The predicted octanol–water partition coefficient (Wildman–Crippen LogP) is 3.54. The maximum absolute atomic E-state index is 12.3. The van der Waals surface area contributed by atoms with Gasteiger partial charge in [0, 0.05) is 28.1 Å². The first-order chi connectivity index (χ1) is 13.0.